The summed E-state index contributed by atoms with van der Waals surface area (Å²) in [7, 11) is 0. The molecule has 1 amide bonds. The van der Waals surface area contributed by atoms with E-state index in [2.05, 4.69) is 25.7 Å². The van der Waals surface area contributed by atoms with Gasteiger partial charge in [-0.15, -0.1) is 0 Å². The third-order valence-electron chi connectivity index (χ3n) is 6.14. The summed E-state index contributed by atoms with van der Waals surface area (Å²) in [5, 5.41) is 10.5. The Balaban J connectivity index is 1.27. The van der Waals surface area contributed by atoms with Crippen LogP contribution in [0.4, 0.5) is 11.5 Å². The van der Waals surface area contributed by atoms with Gasteiger partial charge in [-0.2, -0.15) is 5.10 Å². The lowest BCUT2D eigenvalue weighted by atomic mass is 10.1. The van der Waals surface area contributed by atoms with Crippen molar-refractivity contribution >= 4 is 17.4 Å². The Kier molecular flexibility index (Phi) is 6.01. The molecule has 10 heteroatoms. The number of nitrogens with one attached hydrogen (secondary N) is 2. The highest BCUT2D eigenvalue weighted by molar-refractivity contribution is 5.81. The number of amides is 1. The number of para-hydroxylation sites is 1. The number of pyridine rings is 1. The van der Waals surface area contributed by atoms with Crippen LogP contribution in [0, 0.1) is 6.92 Å². The SMILES string of the molecule is Cc1nc(N)ccc1CNC(=O)C1CCc2ncc(NCc3cnn(-c4ccccc4)c3)c(=O)n21. The van der Waals surface area contributed by atoms with Gasteiger partial charge in [-0.05, 0) is 37.1 Å². The van der Waals surface area contributed by atoms with Gasteiger partial charge in [0.15, 0.2) is 0 Å². The molecule has 0 aliphatic carbocycles. The molecule has 0 spiro atoms. The lowest BCUT2D eigenvalue weighted by Gasteiger charge is -2.16. The lowest BCUT2D eigenvalue weighted by molar-refractivity contribution is -0.124. The van der Waals surface area contributed by atoms with Crippen LogP contribution < -0.4 is 21.9 Å². The summed E-state index contributed by atoms with van der Waals surface area (Å²) in [6.07, 6.45) is 6.30. The van der Waals surface area contributed by atoms with Crippen LogP contribution in [-0.4, -0.2) is 30.2 Å². The Morgan fingerprint density at radius 3 is 2.77 bits per heavy atom. The molecule has 3 aromatic heterocycles. The molecule has 178 valence electrons. The van der Waals surface area contributed by atoms with Gasteiger partial charge in [0.1, 0.15) is 23.4 Å². The number of rotatable bonds is 7. The van der Waals surface area contributed by atoms with Crippen LogP contribution >= 0.6 is 0 Å². The van der Waals surface area contributed by atoms with E-state index in [0.717, 1.165) is 22.5 Å². The van der Waals surface area contributed by atoms with Crippen LogP contribution in [0.5, 0.6) is 0 Å². The molecule has 4 N–H and O–H groups in total. The van der Waals surface area contributed by atoms with Gasteiger partial charge in [0.25, 0.3) is 5.56 Å². The smallest absolute Gasteiger partial charge is 0.277 e. The van der Waals surface area contributed by atoms with Crippen molar-refractivity contribution in [3.05, 3.63) is 94.1 Å². The molecule has 0 fully saturated rings. The second kappa shape index (κ2) is 9.41. The van der Waals surface area contributed by atoms with Gasteiger partial charge in [-0.3, -0.25) is 14.2 Å². The maximum Gasteiger partial charge on any atom is 0.277 e. The second-order valence-corrected chi connectivity index (χ2v) is 8.50. The number of aryl methyl sites for hydroxylation is 2. The van der Waals surface area contributed by atoms with Gasteiger partial charge in [0, 0.05) is 37.0 Å². The number of nitrogen functional groups attached to an aromatic ring is 1. The highest BCUT2D eigenvalue weighted by Gasteiger charge is 2.31. The molecule has 0 radical (unpaired) electrons. The summed E-state index contributed by atoms with van der Waals surface area (Å²) < 4.78 is 3.28. The second-order valence-electron chi connectivity index (χ2n) is 8.50. The number of nitrogens with zero attached hydrogens (tertiary/aromatic N) is 5. The molecular weight excluding hydrogens is 444 g/mol. The van der Waals surface area contributed by atoms with Crippen LogP contribution in [0.3, 0.4) is 0 Å². The molecular formula is C25H26N8O2. The van der Waals surface area contributed by atoms with Crippen molar-refractivity contribution in [3.8, 4) is 5.69 Å². The molecule has 1 aromatic carbocycles. The fourth-order valence-electron chi connectivity index (χ4n) is 4.24. The highest BCUT2D eigenvalue weighted by atomic mass is 16.2. The monoisotopic (exact) mass is 470 g/mol. The van der Waals surface area contributed by atoms with E-state index in [4.69, 9.17) is 5.73 Å². The van der Waals surface area contributed by atoms with Gasteiger partial charge in [-0.25, -0.2) is 14.6 Å². The number of aromatic nitrogens is 5. The summed E-state index contributed by atoms with van der Waals surface area (Å²) >= 11 is 0. The molecule has 1 atom stereocenters. The van der Waals surface area contributed by atoms with Crippen LogP contribution in [0.15, 0.2) is 65.8 Å². The zero-order valence-electron chi connectivity index (χ0n) is 19.3. The predicted octanol–water partition coefficient (Wildman–Crippen LogP) is 2.13. The van der Waals surface area contributed by atoms with Crippen molar-refractivity contribution < 1.29 is 4.79 Å². The van der Waals surface area contributed by atoms with Gasteiger partial charge >= 0.3 is 0 Å². The first-order chi connectivity index (χ1) is 17.0. The average molecular weight is 471 g/mol. The molecule has 4 aromatic rings. The first-order valence-corrected chi connectivity index (χ1v) is 11.4. The Morgan fingerprint density at radius 2 is 1.97 bits per heavy atom. The zero-order valence-corrected chi connectivity index (χ0v) is 19.3. The Bertz CT molecular complexity index is 1430. The molecule has 0 bridgehead atoms. The van der Waals surface area contributed by atoms with Crippen molar-refractivity contribution in [2.75, 3.05) is 11.1 Å². The van der Waals surface area contributed by atoms with Gasteiger partial charge in [0.2, 0.25) is 5.91 Å². The molecule has 4 heterocycles. The van der Waals surface area contributed by atoms with Crippen LogP contribution in [0.1, 0.15) is 35.1 Å². The normalized spacial score (nSPS) is 14.5. The van der Waals surface area contributed by atoms with Crippen LogP contribution in [0.25, 0.3) is 5.69 Å². The molecule has 10 nitrogen and oxygen atoms in total. The zero-order chi connectivity index (χ0) is 24.4. The van der Waals surface area contributed by atoms with E-state index in [-0.39, 0.29) is 11.5 Å². The Hall–Kier alpha value is -4.47. The minimum absolute atomic E-state index is 0.217. The maximum absolute atomic E-state index is 13.2. The number of hydrogen-bond donors (Lipinski definition) is 3. The van der Waals surface area contributed by atoms with Gasteiger partial charge in [-0.1, -0.05) is 24.3 Å². The molecule has 1 aliphatic heterocycles. The topological polar surface area (TPSA) is 133 Å². The Labute approximate surface area is 201 Å². The first-order valence-electron chi connectivity index (χ1n) is 11.4. The quantitative estimate of drug-likeness (QED) is 0.377. The van der Waals surface area contributed by atoms with E-state index in [1.807, 2.05) is 49.5 Å². The minimum atomic E-state index is -0.602. The fourth-order valence-corrected chi connectivity index (χ4v) is 4.24. The third kappa shape index (κ3) is 4.63. The average Bonchev–Trinajstić information content (AvgIpc) is 3.51. The van der Waals surface area contributed by atoms with E-state index in [9.17, 15) is 9.59 Å². The predicted molar refractivity (Wildman–Crippen MR) is 132 cm³/mol. The largest absolute Gasteiger partial charge is 0.384 e. The minimum Gasteiger partial charge on any atom is -0.384 e. The number of hydrogen-bond acceptors (Lipinski definition) is 7. The van der Waals surface area contributed by atoms with Crippen LogP contribution in [-0.2, 0) is 24.3 Å². The summed E-state index contributed by atoms with van der Waals surface area (Å²) in [6.45, 7) is 2.57. The summed E-state index contributed by atoms with van der Waals surface area (Å²) in [6, 6.07) is 12.7. The summed E-state index contributed by atoms with van der Waals surface area (Å²) in [5.41, 5.74) is 9.31. The number of carbonyl (C=O) groups excluding carboxylic acids is 1. The van der Waals surface area contributed by atoms with Crippen molar-refractivity contribution in [3.63, 3.8) is 0 Å². The lowest BCUT2D eigenvalue weighted by Crippen LogP contribution is -2.36. The highest BCUT2D eigenvalue weighted by Crippen LogP contribution is 2.23. The molecule has 1 unspecified atom stereocenters. The van der Waals surface area contributed by atoms with Crippen molar-refractivity contribution in [2.45, 2.75) is 38.9 Å². The first kappa shape index (κ1) is 22.3. The van der Waals surface area contributed by atoms with Crippen molar-refractivity contribution in [1.29, 1.82) is 0 Å². The Morgan fingerprint density at radius 1 is 1.14 bits per heavy atom. The molecule has 0 saturated heterocycles. The van der Waals surface area contributed by atoms with Crippen molar-refractivity contribution in [1.82, 2.24) is 29.6 Å². The van der Waals surface area contributed by atoms with E-state index in [1.165, 1.54) is 4.57 Å². The van der Waals surface area contributed by atoms with Gasteiger partial charge < -0.3 is 16.4 Å². The van der Waals surface area contributed by atoms with E-state index in [1.54, 1.807) is 23.1 Å². The number of benzene rings is 1. The standard InChI is InChI=1S/C25H26N8O2/c1-16-18(7-9-22(26)31-16)13-29-24(34)21-8-10-23-28-14-20(25(35)33(21)23)27-11-17-12-30-32(15-17)19-5-3-2-4-6-19/h2-7,9,12,14-15,21,27H,8,10-11,13H2,1H3,(H2,26,31)(H,29,34). The molecule has 35 heavy (non-hydrogen) atoms. The number of nitrogens with two attached hydrogens (primary N) is 1. The number of carbonyl (C=O) groups is 1. The number of fused-ring (bicyclic) bond motifs is 1. The molecule has 5 rings (SSSR count). The fraction of sp³-hybridized carbons (Fsp3) is 0.240. The maximum atomic E-state index is 13.2. The van der Waals surface area contributed by atoms with E-state index >= 15 is 0 Å². The third-order valence-corrected chi connectivity index (χ3v) is 6.14. The summed E-state index contributed by atoms with van der Waals surface area (Å²) in [5.74, 6) is 0.834. The van der Waals surface area contributed by atoms with E-state index in [0.29, 0.717) is 43.3 Å². The molecule has 0 saturated carbocycles. The van der Waals surface area contributed by atoms with E-state index < -0.39 is 6.04 Å². The van der Waals surface area contributed by atoms with Crippen LogP contribution in [0.2, 0.25) is 0 Å². The summed E-state index contributed by atoms with van der Waals surface area (Å²) in [4.78, 5) is 34.8. The molecule has 1 aliphatic rings. The van der Waals surface area contributed by atoms with Gasteiger partial charge in [0.05, 0.1) is 18.1 Å². The van der Waals surface area contributed by atoms with Crippen molar-refractivity contribution in [2.24, 2.45) is 0 Å². The number of anilines is 2.